The van der Waals surface area contributed by atoms with Crippen molar-refractivity contribution in [1.82, 2.24) is 0 Å². The zero-order chi connectivity index (χ0) is 11.4. The number of aliphatic carboxylic acids is 1. The Bertz CT molecular complexity index is 363. The fourth-order valence-corrected chi connectivity index (χ4v) is 1.25. The third-order valence-corrected chi connectivity index (χ3v) is 2.22. The zero-order valence-corrected chi connectivity index (χ0v) is 8.66. The summed E-state index contributed by atoms with van der Waals surface area (Å²) >= 11 is 0. The Labute approximate surface area is 87.5 Å². The van der Waals surface area contributed by atoms with E-state index in [1.54, 1.807) is 19.1 Å². The van der Waals surface area contributed by atoms with Crippen molar-refractivity contribution in [1.29, 1.82) is 0 Å². The van der Waals surface area contributed by atoms with Gasteiger partial charge in [-0.2, -0.15) is 0 Å². The second-order valence-corrected chi connectivity index (χ2v) is 3.35. The Morgan fingerprint density at radius 3 is 2.73 bits per heavy atom. The second-order valence-electron chi connectivity index (χ2n) is 3.35. The van der Waals surface area contributed by atoms with Gasteiger partial charge in [0.15, 0.2) is 6.10 Å². The van der Waals surface area contributed by atoms with Gasteiger partial charge in [-0.15, -0.1) is 0 Å². The Kier molecular flexibility index (Phi) is 3.80. The van der Waals surface area contributed by atoms with Gasteiger partial charge in [0.25, 0.3) is 0 Å². The molecular formula is C11H13FO3. The Balaban J connectivity index is 2.80. The Hall–Kier alpha value is -1.42. The molecule has 1 aromatic rings. The number of carbonyl (C=O) groups is 1. The molecule has 15 heavy (non-hydrogen) atoms. The first kappa shape index (κ1) is 11.7. The van der Waals surface area contributed by atoms with Crippen LogP contribution in [0.1, 0.15) is 11.1 Å². The summed E-state index contributed by atoms with van der Waals surface area (Å²) in [5.74, 6) is -1.37. The van der Waals surface area contributed by atoms with E-state index in [4.69, 9.17) is 9.84 Å². The van der Waals surface area contributed by atoms with Crippen LogP contribution in [0.15, 0.2) is 18.2 Å². The summed E-state index contributed by atoms with van der Waals surface area (Å²) in [4.78, 5) is 10.7. The lowest BCUT2D eigenvalue weighted by molar-refractivity contribution is -0.148. The quantitative estimate of drug-likeness (QED) is 0.827. The summed E-state index contributed by atoms with van der Waals surface area (Å²) in [6.45, 7) is 1.66. The van der Waals surface area contributed by atoms with Gasteiger partial charge in [-0.05, 0) is 24.1 Å². The molecule has 0 fully saturated rings. The fourth-order valence-electron chi connectivity index (χ4n) is 1.25. The normalized spacial score (nSPS) is 12.5. The summed E-state index contributed by atoms with van der Waals surface area (Å²) in [5, 5.41) is 8.74. The molecule has 4 heteroatoms. The second kappa shape index (κ2) is 4.89. The van der Waals surface area contributed by atoms with Gasteiger partial charge in [-0.1, -0.05) is 12.1 Å². The van der Waals surface area contributed by atoms with Crippen LogP contribution >= 0.6 is 0 Å². The maximum absolute atomic E-state index is 13.1. The van der Waals surface area contributed by atoms with Gasteiger partial charge in [-0.25, -0.2) is 9.18 Å². The number of aryl methyl sites for hydroxylation is 1. The van der Waals surface area contributed by atoms with Gasteiger partial charge >= 0.3 is 5.97 Å². The molecule has 0 amide bonds. The van der Waals surface area contributed by atoms with E-state index in [1.165, 1.54) is 13.2 Å². The molecule has 1 unspecified atom stereocenters. The number of methoxy groups -OCH3 is 1. The molecule has 0 aliphatic carbocycles. The van der Waals surface area contributed by atoms with Crippen molar-refractivity contribution in [2.45, 2.75) is 19.4 Å². The van der Waals surface area contributed by atoms with Gasteiger partial charge in [0, 0.05) is 13.5 Å². The van der Waals surface area contributed by atoms with Crippen LogP contribution in [0.5, 0.6) is 0 Å². The molecular weight excluding hydrogens is 199 g/mol. The molecule has 1 N–H and O–H groups in total. The average Bonchev–Trinajstić information content (AvgIpc) is 2.19. The Morgan fingerprint density at radius 2 is 2.27 bits per heavy atom. The van der Waals surface area contributed by atoms with Crippen molar-refractivity contribution in [2.24, 2.45) is 0 Å². The van der Waals surface area contributed by atoms with Crippen molar-refractivity contribution in [3.05, 3.63) is 35.1 Å². The lowest BCUT2D eigenvalue weighted by atomic mass is 10.1. The van der Waals surface area contributed by atoms with Crippen molar-refractivity contribution in [3.63, 3.8) is 0 Å². The zero-order valence-electron chi connectivity index (χ0n) is 8.66. The van der Waals surface area contributed by atoms with E-state index < -0.39 is 12.1 Å². The molecule has 1 atom stereocenters. The highest BCUT2D eigenvalue weighted by Gasteiger charge is 2.17. The first-order valence-electron chi connectivity index (χ1n) is 4.55. The minimum atomic E-state index is -1.04. The molecule has 82 valence electrons. The lowest BCUT2D eigenvalue weighted by Gasteiger charge is -2.10. The maximum Gasteiger partial charge on any atom is 0.333 e. The topological polar surface area (TPSA) is 46.5 Å². The molecule has 0 saturated heterocycles. The highest BCUT2D eigenvalue weighted by Crippen LogP contribution is 2.12. The van der Waals surface area contributed by atoms with Gasteiger partial charge < -0.3 is 9.84 Å². The molecule has 0 aliphatic heterocycles. The summed E-state index contributed by atoms with van der Waals surface area (Å²) in [6.07, 6.45) is -0.754. The van der Waals surface area contributed by atoms with Crippen LogP contribution in [0.2, 0.25) is 0 Å². The van der Waals surface area contributed by atoms with Gasteiger partial charge in [0.05, 0.1) is 0 Å². The number of hydrogen-bond acceptors (Lipinski definition) is 2. The van der Waals surface area contributed by atoms with Gasteiger partial charge in [-0.3, -0.25) is 0 Å². The van der Waals surface area contributed by atoms with Crippen molar-refractivity contribution in [2.75, 3.05) is 7.11 Å². The van der Waals surface area contributed by atoms with E-state index in [-0.39, 0.29) is 12.2 Å². The largest absolute Gasteiger partial charge is 0.479 e. The predicted octanol–water partition coefficient (Wildman–Crippen LogP) is 1.78. The minimum absolute atomic E-state index is 0.170. The minimum Gasteiger partial charge on any atom is -0.479 e. The van der Waals surface area contributed by atoms with Crippen molar-refractivity contribution in [3.8, 4) is 0 Å². The number of halogens is 1. The highest BCUT2D eigenvalue weighted by atomic mass is 19.1. The van der Waals surface area contributed by atoms with Crippen LogP contribution in [-0.4, -0.2) is 24.3 Å². The third-order valence-electron chi connectivity index (χ3n) is 2.22. The van der Waals surface area contributed by atoms with E-state index in [1.807, 2.05) is 0 Å². The van der Waals surface area contributed by atoms with E-state index in [0.717, 1.165) is 0 Å². The lowest BCUT2D eigenvalue weighted by Crippen LogP contribution is -2.24. The summed E-state index contributed by atoms with van der Waals surface area (Å²) in [6, 6.07) is 4.66. The van der Waals surface area contributed by atoms with E-state index in [2.05, 4.69) is 0 Å². The first-order chi connectivity index (χ1) is 7.04. The van der Waals surface area contributed by atoms with Crippen LogP contribution in [0.4, 0.5) is 4.39 Å². The number of ether oxygens (including phenoxy) is 1. The van der Waals surface area contributed by atoms with E-state index in [0.29, 0.717) is 11.1 Å². The van der Waals surface area contributed by atoms with Crippen molar-refractivity contribution >= 4 is 5.97 Å². The highest BCUT2D eigenvalue weighted by molar-refractivity contribution is 5.72. The van der Waals surface area contributed by atoms with E-state index >= 15 is 0 Å². The fraction of sp³-hybridized carbons (Fsp3) is 0.364. The first-order valence-corrected chi connectivity index (χ1v) is 4.55. The monoisotopic (exact) mass is 212 g/mol. The average molecular weight is 212 g/mol. The molecule has 1 aromatic carbocycles. The predicted molar refractivity (Wildman–Crippen MR) is 53.3 cm³/mol. The standard InChI is InChI=1S/C11H13FO3/c1-7-3-4-8(5-9(7)12)6-10(15-2)11(13)14/h3-5,10H,6H2,1-2H3,(H,13,14). The molecule has 3 nitrogen and oxygen atoms in total. The number of carboxylic acid groups (broad SMARTS) is 1. The molecule has 0 aliphatic rings. The number of rotatable bonds is 4. The smallest absolute Gasteiger partial charge is 0.333 e. The van der Waals surface area contributed by atoms with Crippen LogP contribution in [0.25, 0.3) is 0 Å². The van der Waals surface area contributed by atoms with Crippen LogP contribution in [-0.2, 0) is 16.0 Å². The molecule has 1 rings (SSSR count). The third kappa shape index (κ3) is 3.02. The number of benzene rings is 1. The van der Waals surface area contributed by atoms with Crippen LogP contribution < -0.4 is 0 Å². The molecule has 0 bridgehead atoms. The summed E-state index contributed by atoms with van der Waals surface area (Å²) in [5.41, 5.74) is 1.16. The van der Waals surface area contributed by atoms with E-state index in [9.17, 15) is 9.18 Å². The molecule has 0 spiro atoms. The van der Waals surface area contributed by atoms with Gasteiger partial charge in [0.2, 0.25) is 0 Å². The van der Waals surface area contributed by atoms with Gasteiger partial charge in [0.1, 0.15) is 5.82 Å². The number of hydrogen-bond donors (Lipinski definition) is 1. The molecule has 0 heterocycles. The SMILES string of the molecule is COC(Cc1ccc(C)c(F)c1)C(=O)O. The summed E-state index contributed by atoms with van der Waals surface area (Å²) in [7, 11) is 1.32. The molecule has 0 saturated carbocycles. The van der Waals surface area contributed by atoms with Crippen LogP contribution in [0.3, 0.4) is 0 Å². The molecule has 0 radical (unpaired) electrons. The van der Waals surface area contributed by atoms with Crippen molar-refractivity contribution < 1.29 is 19.0 Å². The summed E-state index contributed by atoms with van der Waals surface area (Å²) < 4.78 is 17.9. The number of carboxylic acids is 1. The maximum atomic E-state index is 13.1. The van der Waals surface area contributed by atoms with Crippen LogP contribution in [0, 0.1) is 12.7 Å². The Morgan fingerprint density at radius 1 is 1.60 bits per heavy atom. The molecule has 0 aromatic heterocycles.